The SMILES string of the molecule is Cc1ccc([C@@H]2[C@@H](NC(=O)c3ccc(F)cc3)C(=O)N/[N+]2=C\c2ccc(C(C)C)cc2)cc1. The van der Waals surface area contributed by atoms with Crippen molar-refractivity contribution >= 4 is 18.0 Å². The standard InChI is InChI=1S/C27H26FN3O2/c1-17(2)20-10-6-19(7-11-20)16-31-25(21-8-4-18(3)5-9-21)24(27(33)30-31)29-26(32)22-12-14-23(28)15-13-22/h4-17,24-25H,1-3H3,(H-,29,30,32,33)/p+1/b31-16-/t24-,25-/m1/s1. The highest BCUT2D eigenvalue weighted by molar-refractivity contribution is 5.98. The molecule has 168 valence electrons. The van der Waals surface area contributed by atoms with E-state index in [4.69, 9.17) is 0 Å². The Kier molecular flexibility index (Phi) is 6.36. The van der Waals surface area contributed by atoms with Gasteiger partial charge in [0.05, 0.1) is 0 Å². The number of aryl methyl sites for hydroxylation is 1. The number of carbonyl (C=O) groups excluding carboxylic acids is 2. The van der Waals surface area contributed by atoms with Crippen LogP contribution in [-0.2, 0) is 4.79 Å². The Labute approximate surface area is 192 Å². The molecule has 2 N–H and O–H groups in total. The van der Waals surface area contributed by atoms with Crippen molar-refractivity contribution < 1.29 is 18.7 Å². The fourth-order valence-corrected chi connectivity index (χ4v) is 3.90. The molecule has 3 aromatic rings. The van der Waals surface area contributed by atoms with Gasteiger partial charge < -0.3 is 5.32 Å². The van der Waals surface area contributed by atoms with Crippen LogP contribution in [0.5, 0.6) is 0 Å². The molecule has 2 atom stereocenters. The number of carbonyl (C=O) groups is 2. The van der Waals surface area contributed by atoms with Gasteiger partial charge in [0.15, 0.2) is 6.04 Å². The van der Waals surface area contributed by atoms with Crippen LogP contribution in [-0.4, -0.2) is 28.8 Å². The molecule has 5 nitrogen and oxygen atoms in total. The van der Waals surface area contributed by atoms with Crippen molar-refractivity contribution in [2.45, 2.75) is 38.8 Å². The Hall–Kier alpha value is -3.80. The summed E-state index contributed by atoms with van der Waals surface area (Å²) >= 11 is 0. The number of hydrogen-bond donors (Lipinski definition) is 2. The number of hydrazone groups is 1. The molecule has 1 saturated heterocycles. The minimum atomic E-state index is -0.823. The van der Waals surface area contributed by atoms with Gasteiger partial charge in [0, 0.05) is 16.7 Å². The zero-order valence-electron chi connectivity index (χ0n) is 18.9. The van der Waals surface area contributed by atoms with E-state index in [1.807, 2.05) is 49.5 Å². The molecule has 0 bridgehead atoms. The average molecular weight is 445 g/mol. The van der Waals surface area contributed by atoms with E-state index in [0.29, 0.717) is 11.5 Å². The molecular weight excluding hydrogens is 417 g/mol. The Morgan fingerprint density at radius 3 is 2.24 bits per heavy atom. The van der Waals surface area contributed by atoms with E-state index in [1.54, 1.807) is 4.68 Å². The van der Waals surface area contributed by atoms with Gasteiger partial charge in [0.2, 0.25) is 12.3 Å². The van der Waals surface area contributed by atoms with Gasteiger partial charge in [-0.3, -0.25) is 9.59 Å². The maximum atomic E-state index is 13.3. The highest BCUT2D eigenvalue weighted by Gasteiger charge is 2.47. The van der Waals surface area contributed by atoms with Crippen LogP contribution in [0, 0.1) is 12.7 Å². The zero-order chi connectivity index (χ0) is 23.5. The van der Waals surface area contributed by atoms with E-state index in [1.165, 1.54) is 29.8 Å². The lowest BCUT2D eigenvalue weighted by atomic mass is 9.98. The fourth-order valence-electron chi connectivity index (χ4n) is 3.90. The molecule has 0 aliphatic carbocycles. The van der Waals surface area contributed by atoms with Crippen LogP contribution in [0.2, 0.25) is 0 Å². The molecule has 0 radical (unpaired) electrons. The van der Waals surface area contributed by atoms with Gasteiger partial charge in [-0.2, -0.15) is 0 Å². The molecule has 0 unspecified atom stereocenters. The van der Waals surface area contributed by atoms with Gasteiger partial charge in [-0.15, -0.1) is 10.1 Å². The summed E-state index contributed by atoms with van der Waals surface area (Å²) in [6.07, 6.45) is 1.87. The van der Waals surface area contributed by atoms with Crippen molar-refractivity contribution in [2.75, 3.05) is 0 Å². The van der Waals surface area contributed by atoms with Crippen molar-refractivity contribution in [1.29, 1.82) is 0 Å². The lowest BCUT2D eigenvalue weighted by molar-refractivity contribution is -0.596. The second-order valence-corrected chi connectivity index (χ2v) is 8.65. The second-order valence-electron chi connectivity index (χ2n) is 8.65. The van der Waals surface area contributed by atoms with Gasteiger partial charge in [-0.05, 0) is 54.8 Å². The Balaban J connectivity index is 1.68. The summed E-state index contributed by atoms with van der Waals surface area (Å²) in [6.45, 7) is 6.28. The first kappa shape index (κ1) is 22.4. The van der Waals surface area contributed by atoms with Crippen molar-refractivity contribution in [3.05, 3.63) is 106 Å². The summed E-state index contributed by atoms with van der Waals surface area (Å²) in [5.74, 6) is -0.745. The highest BCUT2D eigenvalue weighted by Crippen LogP contribution is 2.26. The Bertz CT molecular complexity index is 1180. The molecule has 0 spiro atoms. The minimum absolute atomic E-state index is 0.290. The third-order valence-corrected chi connectivity index (χ3v) is 5.84. The van der Waals surface area contributed by atoms with Gasteiger partial charge in [0.25, 0.3) is 5.91 Å². The first-order valence-electron chi connectivity index (χ1n) is 11.0. The van der Waals surface area contributed by atoms with Gasteiger partial charge in [-0.25, -0.2) is 4.39 Å². The smallest absolute Gasteiger partial charge is 0.304 e. The molecule has 0 saturated carbocycles. The third-order valence-electron chi connectivity index (χ3n) is 5.84. The van der Waals surface area contributed by atoms with E-state index in [9.17, 15) is 14.0 Å². The van der Waals surface area contributed by atoms with E-state index < -0.39 is 23.8 Å². The molecule has 4 rings (SSSR count). The normalized spacial score (nSPS) is 19.1. The number of hydrazine groups is 1. The first-order chi connectivity index (χ1) is 15.8. The number of nitrogens with one attached hydrogen (secondary N) is 2. The third kappa shape index (κ3) is 5.00. The molecule has 1 heterocycles. The second kappa shape index (κ2) is 9.36. The lowest BCUT2D eigenvalue weighted by Gasteiger charge is -2.15. The van der Waals surface area contributed by atoms with Crippen LogP contribution >= 0.6 is 0 Å². The summed E-state index contributed by atoms with van der Waals surface area (Å²) in [5.41, 5.74) is 7.33. The Morgan fingerprint density at radius 2 is 1.64 bits per heavy atom. The molecule has 6 heteroatoms. The summed E-state index contributed by atoms with van der Waals surface area (Å²) in [6, 6.07) is 20.0. The fraction of sp³-hybridized carbons (Fsp3) is 0.222. The zero-order valence-corrected chi connectivity index (χ0v) is 18.9. The molecule has 1 aliphatic heterocycles. The van der Waals surface area contributed by atoms with Gasteiger partial charge in [0.1, 0.15) is 5.82 Å². The minimum Gasteiger partial charge on any atom is -0.334 e. The molecule has 1 fully saturated rings. The van der Waals surface area contributed by atoms with Crippen molar-refractivity contribution in [1.82, 2.24) is 10.7 Å². The van der Waals surface area contributed by atoms with Crippen LogP contribution in [0.25, 0.3) is 0 Å². The average Bonchev–Trinajstić information content (AvgIpc) is 3.09. The maximum absolute atomic E-state index is 13.3. The van der Waals surface area contributed by atoms with Gasteiger partial charge >= 0.3 is 5.91 Å². The van der Waals surface area contributed by atoms with Gasteiger partial charge in [-0.1, -0.05) is 55.8 Å². The maximum Gasteiger partial charge on any atom is 0.304 e. The summed E-state index contributed by atoms with van der Waals surface area (Å²) in [7, 11) is 0. The van der Waals surface area contributed by atoms with Crippen LogP contribution in [0.4, 0.5) is 4.39 Å². The molecular formula is C27H27FN3O2+. The number of halogens is 1. The highest BCUT2D eigenvalue weighted by atomic mass is 19.1. The van der Waals surface area contributed by atoms with E-state index >= 15 is 0 Å². The molecule has 33 heavy (non-hydrogen) atoms. The summed E-state index contributed by atoms with van der Waals surface area (Å²) < 4.78 is 15.0. The number of benzene rings is 3. The van der Waals surface area contributed by atoms with Crippen molar-refractivity contribution in [3.8, 4) is 0 Å². The van der Waals surface area contributed by atoms with Crippen molar-refractivity contribution in [3.63, 3.8) is 0 Å². The first-order valence-corrected chi connectivity index (χ1v) is 11.0. The predicted molar refractivity (Wildman–Crippen MR) is 126 cm³/mol. The predicted octanol–water partition coefficient (Wildman–Crippen LogP) is 4.27. The van der Waals surface area contributed by atoms with Crippen LogP contribution < -0.4 is 10.7 Å². The quantitative estimate of drug-likeness (QED) is 0.578. The van der Waals surface area contributed by atoms with E-state index in [0.717, 1.165) is 16.7 Å². The van der Waals surface area contributed by atoms with E-state index in [2.05, 4.69) is 36.7 Å². The monoisotopic (exact) mass is 444 g/mol. The summed E-state index contributed by atoms with van der Waals surface area (Å²) in [4.78, 5) is 25.8. The van der Waals surface area contributed by atoms with Crippen molar-refractivity contribution in [2.24, 2.45) is 0 Å². The number of rotatable bonds is 5. The number of hydrogen-bond acceptors (Lipinski definition) is 2. The van der Waals surface area contributed by atoms with Crippen LogP contribution in [0.15, 0.2) is 72.8 Å². The molecule has 3 aromatic carbocycles. The van der Waals surface area contributed by atoms with Crippen LogP contribution in [0.1, 0.15) is 58.4 Å². The number of amides is 2. The van der Waals surface area contributed by atoms with E-state index in [-0.39, 0.29) is 5.91 Å². The largest absolute Gasteiger partial charge is 0.334 e. The molecule has 0 aromatic heterocycles. The lowest BCUT2D eigenvalue weighted by Crippen LogP contribution is -2.42. The summed E-state index contributed by atoms with van der Waals surface area (Å²) in [5, 5.41) is 2.83. The Morgan fingerprint density at radius 1 is 1.00 bits per heavy atom. The topological polar surface area (TPSA) is 61.2 Å². The number of nitrogens with zero attached hydrogens (tertiary/aromatic N) is 1. The molecule has 2 amide bonds. The van der Waals surface area contributed by atoms with Crippen LogP contribution in [0.3, 0.4) is 0 Å². The molecule has 1 aliphatic rings.